The van der Waals surface area contributed by atoms with Gasteiger partial charge in [-0.2, -0.15) is 0 Å². The number of amides is 4. The number of unbranched alkanes of at least 4 members (excludes halogenated alkanes) is 1. The van der Waals surface area contributed by atoms with Crippen molar-refractivity contribution in [3.05, 3.63) is 0 Å². The summed E-state index contributed by atoms with van der Waals surface area (Å²) in [5.74, 6) is -3.23. The van der Waals surface area contributed by atoms with Gasteiger partial charge in [0.05, 0.1) is 12.1 Å². The Labute approximate surface area is 237 Å². The molecule has 1 aliphatic heterocycles. The molecule has 1 saturated heterocycles. The van der Waals surface area contributed by atoms with Crippen LogP contribution in [0, 0.1) is 11.8 Å². The van der Waals surface area contributed by atoms with E-state index in [0.29, 0.717) is 51.6 Å². The second-order valence-corrected chi connectivity index (χ2v) is 11.5. The normalized spacial score (nSPS) is 19.1. The number of nitrogens with two attached hydrogens (primary N) is 2. The Bertz CT molecular complexity index is 866. The van der Waals surface area contributed by atoms with Gasteiger partial charge in [0, 0.05) is 6.54 Å². The van der Waals surface area contributed by atoms with E-state index in [0.717, 1.165) is 0 Å². The number of carboxylic acids is 1. The van der Waals surface area contributed by atoms with Crippen molar-refractivity contribution < 1.29 is 34.2 Å². The van der Waals surface area contributed by atoms with Gasteiger partial charge in [0.25, 0.3) is 0 Å². The number of likely N-dealkylation sites (tertiary alicyclic amines) is 1. The first kappa shape index (κ1) is 35.3. The molecule has 0 aliphatic carbocycles. The van der Waals surface area contributed by atoms with Gasteiger partial charge in [-0.1, -0.05) is 27.7 Å². The minimum atomic E-state index is -1.55. The van der Waals surface area contributed by atoms with E-state index in [4.69, 9.17) is 11.5 Å². The van der Waals surface area contributed by atoms with Crippen LogP contribution in [0.15, 0.2) is 0 Å². The maximum Gasteiger partial charge on any atom is 0.328 e. The van der Waals surface area contributed by atoms with Crippen molar-refractivity contribution in [3.8, 4) is 0 Å². The van der Waals surface area contributed by atoms with E-state index >= 15 is 0 Å². The summed E-state index contributed by atoms with van der Waals surface area (Å²) in [6.45, 7) is 9.69. The van der Waals surface area contributed by atoms with Gasteiger partial charge in [0.2, 0.25) is 23.6 Å². The van der Waals surface area contributed by atoms with Crippen LogP contribution in [0.5, 0.6) is 0 Å². The van der Waals surface area contributed by atoms with Crippen molar-refractivity contribution in [2.75, 3.05) is 13.1 Å². The number of nitrogens with one attached hydrogen (secondary N) is 3. The number of aliphatic hydroxyl groups is 1. The molecule has 9 N–H and O–H groups in total. The minimum Gasteiger partial charge on any atom is -0.480 e. The number of carboxylic acid groups (broad SMARTS) is 1. The van der Waals surface area contributed by atoms with Crippen molar-refractivity contribution in [1.82, 2.24) is 20.9 Å². The van der Waals surface area contributed by atoms with Crippen LogP contribution in [0.1, 0.15) is 79.6 Å². The molecule has 4 amide bonds. The standard InChI is InChI=1S/C27H50N6O7/c1-15(2)13-18(29)23(35)31-20(14-16(3)4)26(38)33-12-8-10-21(33)25(37)30-19(9-6-7-11-28)24(36)32-22(17(5)34)27(39)40/h15-22,34H,6-14,28-29H2,1-5H3,(H,30,37)(H,31,35)(H,32,36)(H,39,40)/t17-,18+,19+,20+,21+,22+/m1/s1. The quantitative estimate of drug-likeness (QED) is 0.111. The highest BCUT2D eigenvalue weighted by Crippen LogP contribution is 2.21. The second-order valence-electron chi connectivity index (χ2n) is 11.5. The molecule has 0 aromatic heterocycles. The fraction of sp³-hybridized carbons (Fsp3) is 0.815. The molecule has 0 unspecified atom stereocenters. The SMILES string of the molecule is CC(C)C[C@H](NC(=O)[C@@H](N)CC(C)C)C(=O)N1CCC[C@H]1C(=O)N[C@@H](CCCCN)C(=O)N[C@H](C(=O)O)[C@@H](C)O. The van der Waals surface area contributed by atoms with Gasteiger partial charge in [-0.15, -0.1) is 0 Å². The molecule has 13 nitrogen and oxygen atoms in total. The molecule has 0 bridgehead atoms. The van der Waals surface area contributed by atoms with Crippen LogP contribution in [0.4, 0.5) is 0 Å². The summed E-state index contributed by atoms with van der Waals surface area (Å²) < 4.78 is 0. The van der Waals surface area contributed by atoms with E-state index in [-0.39, 0.29) is 24.2 Å². The molecule has 0 aromatic rings. The fourth-order valence-corrected chi connectivity index (χ4v) is 4.76. The Balaban J connectivity index is 3.07. The van der Waals surface area contributed by atoms with E-state index in [2.05, 4.69) is 16.0 Å². The molecular weight excluding hydrogens is 520 g/mol. The first-order valence-electron chi connectivity index (χ1n) is 14.3. The van der Waals surface area contributed by atoms with Crippen molar-refractivity contribution in [3.63, 3.8) is 0 Å². The molecule has 13 heteroatoms. The monoisotopic (exact) mass is 570 g/mol. The Kier molecular flexibility index (Phi) is 15.1. The highest BCUT2D eigenvalue weighted by Gasteiger charge is 2.39. The Morgan fingerprint density at radius 3 is 2.05 bits per heavy atom. The molecule has 0 radical (unpaired) electrons. The molecule has 230 valence electrons. The van der Waals surface area contributed by atoms with Crippen LogP contribution in [-0.4, -0.2) is 94.1 Å². The van der Waals surface area contributed by atoms with Crippen LogP contribution >= 0.6 is 0 Å². The molecule has 0 spiro atoms. The van der Waals surface area contributed by atoms with Crippen molar-refractivity contribution in [2.24, 2.45) is 23.3 Å². The number of nitrogens with zero attached hydrogens (tertiary/aromatic N) is 1. The van der Waals surface area contributed by atoms with Crippen LogP contribution in [0.2, 0.25) is 0 Å². The van der Waals surface area contributed by atoms with Crippen LogP contribution in [-0.2, 0) is 24.0 Å². The molecule has 0 aromatic carbocycles. The van der Waals surface area contributed by atoms with Crippen molar-refractivity contribution in [2.45, 2.75) is 116 Å². The molecule has 6 atom stereocenters. The lowest BCUT2D eigenvalue weighted by Crippen LogP contribution is -2.59. The van der Waals surface area contributed by atoms with Gasteiger partial charge < -0.3 is 42.5 Å². The number of aliphatic carboxylic acids is 1. The third kappa shape index (κ3) is 11.4. The van der Waals surface area contributed by atoms with E-state index < -0.39 is 60.0 Å². The van der Waals surface area contributed by atoms with Gasteiger partial charge in [-0.3, -0.25) is 19.2 Å². The third-order valence-corrected chi connectivity index (χ3v) is 6.85. The Hall–Kier alpha value is -2.77. The van der Waals surface area contributed by atoms with E-state index in [1.807, 2.05) is 27.7 Å². The maximum absolute atomic E-state index is 13.6. The largest absolute Gasteiger partial charge is 0.480 e. The van der Waals surface area contributed by atoms with E-state index in [9.17, 15) is 34.2 Å². The van der Waals surface area contributed by atoms with Crippen LogP contribution in [0.3, 0.4) is 0 Å². The first-order valence-corrected chi connectivity index (χ1v) is 14.3. The summed E-state index contributed by atoms with van der Waals surface area (Å²) in [6.07, 6.45) is 1.68. The fourth-order valence-electron chi connectivity index (χ4n) is 4.76. The smallest absolute Gasteiger partial charge is 0.328 e. The summed E-state index contributed by atoms with van der Waals surface area (Å²) in [6, 6.07) is -5.11. The third-order valence-electron chi connectivity index (χ3n) is 6.85. The Morgan fingerprint density at radius 1 is 0.900 bits per heavy atom. The maximum atomic E-state index is 13.6. The van der Waals surface area contributed by atoms with E-state index in [1.54, 1.807) is 0 Å². The Morgan fingerprint density at radius 2 is 1.52 bits per heavy atom. The lowest BCUT2D eigenvalue weighted by Gasteiger charge is -2.31. The second kappa shape index (κ2) is 17.1. The number of carbonyl (C=O) groups excluding carboxylic acids is 4. The highest BCUT2D eigenvalue weighted by atomic mass is 16.4. The lowest BCUT2D eigenvalue weighted by molar-refractivity contribution is -0.145. The number of carbonyl (C=O) groups is 5. The summed E-state index contributed by atoms with van der Waals surface area (Å²) in [5, 5.41) is 26.8. The zero-order chi connectivity index (χ0) is 30.6. The molecule has 1 rings (SSSR count). The van der Waals surface area contributed by atoms with Gasteiger partial charge >= 0.3 is 5.97 Å². The van der Waals surface area contributed by atoms with Crippen molar-refractivity contribution in [1.29, 1.82) is 0 Å². The predicted octanol–water partition coefficient (Wildman–Crippen LogP) is -0.554. The van der Waals surface area contributed by atoms with Crippen LogP contribution in [0.25, 0.3) is 0 Å². The first-order chi connectivity index (χ1) is 18.7. The minimum absolute atomic E-state index is 0.0807. The zero-order valence-electron chi connectivity index (χ0n) is 24.5. The average molecular weight is 571 g/mol. The summed E-state index contributed by atoms with van der Waals surface area (Å²) in [7, 11) is 0. The van der Waals surface area contributed by atoms with E-state index in [1.165, 1.54) is 11.8 Å². The molecule has 1 heterocycles. The topological polar surface area (TPSA) is 217 Å². The molecule has 40 heavy (non-hydrogen) atoms. The number of hydrogen-bond acceptors (Lipinski definition) is 8. The van der Waals surface area contributed by atoms with Crippen molar-refractivity contribution >= 4 is 29.6 Å². The number of rotatable bonds is 17. The molecule has 1 aliphatic rings. The number of hydrogen-bond donors (Lipinski definition) is 7. The lowest BCUT2D eigenvalue weighted by atomic mass is 10.00. The van der Waals surface area contributed by atoms with Gasteiger partial charge in [-0.05, 0) is 70.3 Å². The molecule has 1 fully saturated rings. The summed E-state index contributed by atoms with van der Waals surface area (Å²) in [4.78, 5) is 65.5. The summed E-state index contributed by atoms with van der Waals surface area (Å²) >= 11 is 0. The van der Waals surface area contributed by atoms with Gasteiger partial charge in [-0.25, -0.2) is 4.79 Å². The summed E-state index contributed by atoms with van der Waals surface area (Å²) in [5.41, 5.74) is 11.6. The molecule has 0 saturated carbocycles. The number of aliphatic hydroxyl groups excluding tert-OH is 1. The predicted molar refractivity (Wildman–Crippen MR) is 150 cm³/mol. The zero-order valence-corrected chi connectivity index (χ0v) is 24.5. The highest BCUT2D eigenvalue weighted by molar-refractivity contribution is 5.95. The van der Waals surface area contributed by atoms with Gasteiger partial charge in [0.15, 0.2) is 6.04 Å². The molecular formula is C27H50N6O7. The average Bonchev–Trinajstić information content (AvgIpc) is 3.34. The van der Waals surface area contributed by atoms with Crippen LogP contribution < -0.4 is 27.4 Å². The van der Waals surface area contributed by atoms with Gasteiger partial charge in [0.1, 0.15) is 18.1 Å².